The molecule has 4 rings (SSSR count). The molecule has 0 aromatic heterocycles. The number of hydrogen-bond donors (Lipinski definition) is 0. The number of nitrogens with zero attached hydrogens (tertiary/aromatic N) is 1. The number of hydrogen-bond acceptors (Lipinski definition) is 4. The van der Waals surface area contributed by atoms with Gasteiger partial charge in [-0.3, -0.25) is 10.1 Å². The standard InChI is InChI=1S/C31H32BrNO4Si/c1-31(2,3)38(27-15-9-5-10-16-27,28-17-11-6-12-18-28)37-23-25(24-13-7-4-8-14-24)22-36-30-21-26(32)19-20-29(30)33(34)35/h4-21,25H,22-23H2,1-3H3. The lowest BCUT2D eigenvalue weighted by Gasteiger charge is -2.43. The molecule has 1 unspecified atom stereocenters. The normalized spacial score (nSPS) is 12.6. The Kier molecular flexibility index (Phi) is 8.82. The lowest BCUT2D eigenvalue weighted by Crippen LogP contribution is -2.66. The zero-order valence-corrected chi connectivity index (χ0v) is 24.4. The molecule has 0 saturated heterocycles. The van der Waals surface area contributed by atoms with Gasteiger partial charge in [0.25, 0.3) is 8.32 Å². The van der Waals surface area contributed by atoms with Gasteiger partial charge in [-0.05, 0) is 27.0 Å². The van der Waals surface area contributed by atoms with Gasteiger partial charge in [-0.1, -0.05) is 128 Å². The molecular formula is C31H32BrNO4Si. The van der Waals surface area contributed by atoms with Crippen LogP contribution in [0.15, 0.2) is 114 Å². The third kappa shape index (κ3) is 6.06. The van der Waals surface area contributed by atoms with Gasteiger partial charge < -0.3 is 9.16 Å². The van der Waals surface area contributed by atoms with Gasteiger partial charge in [-0.25, -0.2) is 0 Å². The molecule has 0 heterocycles. The van der Waals surface area contributed by atoms with Crippen LogP contribution in [-0.2, 0) is 4.43 Å². The zero-order chi connectivity index (χ0) is 27.2. The molecule has 0 bridgehead atoms. The summed E-state index contributed by atoms with van der Waals surface area (Å²) >= 11 is 3.41. The second-order valence-electron chi connectivity index (χ2n) is 10.3. The summed E-state index contributed by atoms with van der Waals surface area (Å²) in [5.74, 6) is 0.0900. The Bertz CT molecular complexity index is 1310. The van der Waals surface area contributed by atoms with Gasteiger partial charge in [0.1, 0.15) is 0 Å². The van der Waals surface area contributed by atoms with E-state index in [4.69, 9.17) is 9.16 Å². The Balaban J connectivity index is 1.72. The largest absolute Gasteiger partial charge is 0.486 e. The van der Waals surface area contributed by atoms with E-state index < -0.39 is 13.2 Å². The highest BCUT2D eigenvalue weighted by Crippen LogP contribution is 2.38. The summed E-state index contributed by atoms with van der Waals surface area (Å²) in [5, 5.41) is 13.9. The van der Waals surface area contributed by atoms with Crippen LogP contribution in [-0.4, -0.2) is 26.5 Å². The maximum Gasteiger partial charge on any atom is 0.310 e. The summed E-state index contributed by atoms with van der Waals surface area (Å²) in [5.41, 5.74) is 0.996. The molecular weight excluding hydrogens is 558 g/mol. The number of ether oxygens (including phenoxy) is 1. The van der Waals surface area contributed by atoms with Gasteiger partial charge in [0.05, 0.1) is 11.5 Å². The molecule has 0 aliphatic carbocycles. The molecule has 0 fully saturated rings. The monoisotopic (exact) mass is 589 g/mol. The Hall–Kier alpha value is -3.26. The highest BCUT2D eigenvalue weighted by atomic mass is 79.9. The Morgan fingerprint density at radius 1 is 0.816 bits per heavy atom. The van der Waals surface area contributed by atoms with Crippen LogP contribution in [0.3, 0.4) is 0 Å². The topological polar surface area (TPSA) is 61.6 Å². The van der Waals surface area contributed by atoms with Gasteiger partial charge in [0.15, 0.2) is 5.75 Å². The van der Waals surface area contributed by atoms with Crippen molar-refractivity contribution in [2.75, 3.05) is 13.2 Å². The molecule has 0 saturated carbocycles. The fourth-order valence-electron chi connectivity index (χ4n) is 4.90. The molecule has 4 aromatic rings. The van der Waals surface area contributed by atoms with E-state index in [2.05, 4.69) is 97.4 Å². The van der Waals surface area contributed by atoms with Crippen LogP contribution in [0.4, 0.5) is 5.69 Å². The summed E-state index contributed by atoms with van der Waals surface area (Å²) in [4.78, 5) is 11.2. The first kappa shape index (κ1) is 27.8. The average Bonchev–Trinajstić information content (AvgIpc) is 2.91. The molecule has 0 aliphatic heterocycles. The van der Waals surface area contributed by atoms with Crippen molar-refractivity contribution in [1.82, 2.24) is 0 Å². The van der Waals surface area contributed by atoms with Crippen LogP contribution in [0.25, 0.3) is 0 Å². The Morgan fingerprint density at radius 2 is 1.34 bits per heavy atom. The number of nitro groups is 1. The van der Waals surface area contributed by atoms with Gasteiger partial charge in [-0.15, -0.1) is 0 Å². The van der Waals surface area contributed by atoms with Gasteiger partial charge in [-0.2, -0.15) is 0 Å². The quantitative estimate of drug-likeness (QED) is 0.112. The fraction of sp³-hybridized carbons (Fsp3) is 0.226. The molecule has 1 atom stereocenters. The number of nitro benzene ring substituents is 1. The van der Waals surface area contributed by atoms with E-state index >= 15 is 0 Å². The van der Waals surface area contributed by atoms with Crippen LogP contribution in [0.5, 0.6) is 5.75 Å². The summed E-state index contributed by atoms with van der Waals surface area (Å²) < 4.78 is 14.0. The van der Waals surface area contributed by atoms with Crippen LogP contribution in [0, 0.1) is 10.1 Å². The third-order valence-electron chi connectivity index (χ3n) is 6.75. The van der Waals surface area contributed by atoms with Crippen LogP contribution in [0.2, 0.25) is 5.04 Å². The van der Waals surface area contributed by atoms with E-state index in [1.807, 2.05) is 30.3 Å². The van der Waals surface area contributed by atoms with Crippen molar-refractivity contribution in [1.29, 1.82) is 0 Å². The molecule has 0 aliphatic rings. The van der Waals surface area contributed by atoms with Crippen molar-refractivity contribution >= 4 is 40.3 Å². The van der Waals surface area contributed by atoms with Crippen LogP contribution >= 0.6 is 15.9 Å². The molecule has 7 heteroatoms. The second kappa shape index (κ2) is 12.1. The van der Waals surface area contributed by atoms with E-state index in [1.165, 1.54) is 16.4 Å². The number of rotatable bonds is 10. The van der Waals surface area contributed by atoms with Crippen molar-refractivity contribution < 1.29 is 14.1 Å². The predicted octanol–water partition coefficient (Wildman–Crippen LogP) is 7.10. The fourth-order valence-corrected chi connectivity index (χ4v) is 9.84. The van der Waals surface area contributed by atoms with Crippen molar-refractivity contribution in [3.05, 3.63) is 129 Å². The lowest BCUT2D eigenvalue weighted by molar-refractivity contribution is -0.385. The smallest absolute Gasteiger partial charge is 0.310 e. The molecule has 0 radical (unpaired) electrons. The molecule has 0 N–H and O–H groups in total. The summed E-state index contributed by atoms with van der Waals surface area (Å²) in [6, 6.07) is 35.8. The third-order valence-corrected chi connectivity index (χ3v) is 12.2. The van der Waals surface area contributed by atoms with E-state index in [-0.39, 0.29) is 29.0 Å². The first-order valence-electron chi connectivity index (χ1n) is 12.6. The number of benzene rings is 4. The molecule has 38 heavy (non-hydrogen) atoms. The molecule has 5 nitrogen and oxygen atoms in total. The predicted molar refractivity (Wildman–Crippen MR) is 159 cm³/mol. The van der Waals surface area contributed by atoms with Crippen LogP contribution in [0.1, 0.15) is 32.3 Å². The molecule has 196 valence electrons. The highest BCUT2D eigenvalue weighted by Gasteiger charge is 2.50. The first-order chi connectivity index (χ1) is 18.2. The molecule has 4 aromatic carbocycles. The average molecular weight is 591 g/mol. The van der Waals surface area contributed by atoms with Gasteiger partial charge in [0.2, 0.25) is 0 Å². The SMILES string of the molecule is CC(C)(C)[Si](OCC(COc1cc(Br)ccc1[N+](=O)[O-])c1ccccc1)(c1ccccc1)c1ccccc1. The summed E-state index contributed by atoms with van der Waals surface area (Å²) in [7, 11) is -2.76. The Labute approximate surface area is 233 Å². The second-order valence-corrected chi connectivity index (χ2v) is 15.5. The van der Waals surface area contributed by atoms with Crippen molar-refractivity contribution in [3.63, 3.8) is 0 Å². The summed E-state index contributed by atoms with van der Waals surface area (Å²) in [6.07, 6.45) is 0. The van der Waals surface area contributed by atoms with Gasteiger partial charge in [0, 0.05) is 29.1 Å². The van der Waals surface area contributed by atoms with Crippen molar-refractivity contribution in [3.8, 4) is 5.75 Å². The minimum Gasteiger partial charge on any atom is -0.486 e. The lowest BCUT2D eigenvalue weighted by atomic mass is 10.0. The van der Waals surface area contributed by atoms with Gasteiger partial charge >= 0.3 is 5.69 Å². The summed E-state index contributed by atoms with van der Waals surface area (Å²) in [6.45, 7) is 7.38. The Morgan fingerprint density at radius 3 is 1.84 bits per heavy atom. The minimum absolute atomic E-state index is 0.0621. The minimum atomic E-state index is -2.76. The molecule has 0 amide bonds. The van der Waals surface area contributed by atoms with Crippen molar-refractivity contribution in [2.45, 2.75) is 31.7 Å². The van der Waals surface area contributed by atoms with Crippen molar-refractivity contribution in [2.24, 2.45) is 0 Å². The number of halogens is 1. The maximum absolute atomic E-state index is 11.6. The molecule has 0 spiro atoms. The van der Waals surface area contributed by atoms with E-state index in [1.54, 1.807) is 12.1 Å². The van der Waals surface area contributed by atoms with Crippen LogP contribution < -0.4 is 15.1 Å². The maximum atomic E-state index is 11.6. The van der Waals surface area contributed by atoms with E-state index in [0.717, 1.165) is 10.0 Å². The first-order valence-corrected chi connectivity index (χ1v) is 15.3. The van der Waals surface area contributed by atoms with E-state index in [9.17, 15) is 10.1 Å². The zero-order valence-electron chi connectivity index (χ0n) is 21.8. The van der Waals surface area contributed by atoms with E-state index in [0.29, 0.717) is 6.61 Å². The highest BCUT2D eigenvalue weighted by molar-refractivity contribution is 9.10.